The first-order valence-corrected chi connectivity index (χ1v) is 5.18. The van der Waals surface area contributed by atoms with E-state index in [2.05, 4.69) is 4.98 Å². The van der Waals surface area contributed by atoms with Crippen molar-refractivity contribution in [1.29, 1.82) is 5.26 Å². The Balaban J connectivity index is 2.23. The molecule has 0 bridgehead atoms. The quantitative estimate of drug-likeness (QED) is 0.793. The van der Waals surface area contributed by atoms with Gasteiger partial charge in [-0.2, -0.15) is 5.26 Å². The fourth-order valence-corrected chi connectivity index (χ4v) is 1.83. The van der Waals surface area contributed by atoms with Crippen molar-refractivity contribution < 1.29 is 4.74 Å². The molecule has 16 heavy (non-hydrogen) atoms. The standard InChI is InChI=1S/C11H14N4O/c1-15(9-2-3-16-7-9)11-10(13)4-8(5-12)6-14-11/h4,6,9H,2-3,7,13H2,1H3. The van der Waals surface area contributed by atoms with Crippen LogP contribution in [0, 0.1) is 11.3 Å². The third kappa shape index (κ3) is 1.92. The molecule has 84 valence electrons. The predicted octanol–water partition coefficient (Wildman–Crippen LogP) is 0.761. The SMILES string of the molecule is CN(c1ncc(C#N)cc1N)C1CCOC1. The Morgan fingerprint density at radius 3 is 3.06 bits per heavy atom. The third-order valence-electron chi connectivity index (χ3n) is 2.81. The van der Waals surface area contributed by atoms with Crippen LogP contribution < -0.4 is 10.6 Å². The number of likely N-dealkylation sites (N-methyl/N-ethyl adjacent to an activating group) is 1. The molecule has 1 unspecified atom stereocenters. The van der Waals surface area contributed by atoms with Crippen molar-refractivity contribution in [3.63, 3.8) is 0 Å². The Morgan fingerprint density at radius 2 is 2.50 bits per heavy atom. The summed E-state index contributed by atoms with van der Waals surface area (Å²) in [6, 6.07) is 3.99. The van der Waals surface area contributed by atoms with E-state index in [1.807, 2.05) is 18.0 Å². The number of nitrogens with zero attached hydrogens (tertiary/aromatic N) is 3. The topological polar surface area (TPSA) is 75.2 Å². The molecule has 2 heterocycles. The lowest BCUT2D eigenvalue weighted by Crippen LogP contribution is -2.33. The molecule has 1 saturated heterocycles. The highest BCUT2D eigenvalue weighted by molar-refractivity contribution is 5.64. The van der Waals surface area contributed by atoms with Crippen molar-refractivity contribution in [2.75, 3.05) is 30.9 Å². The van der Waals surface area contributed by atoms with E-state index in [1.54, 1.807) is 6.07 Å². The third-order valence-corrected chi connectivity index (χ3v) is 2.81. The van der Waals surface area contributed by atoms with Crippen LogP contribution in [0.15, 0.2) is 12.3 Å². The lowest BCUT2D eigenvalue weighted by atomic mass is 10.2. The summed E-state index contributed by atoms with van der Waals surface area (Å²) in [6.45, 7) is 1.49. The van der Waals surface area contributed by atoms with E-state index in [9.17, 15) is 0 Å². The largest absolute Gasteiger partial charge is 0.396 e. The van der Waals surface area contributed by atoms with Gasteiger partial charge in [0.2, 0.25) is 0 Å². The number of aromatic nitrogens is 1. The average molecular weight is 218 g/mol. The Labute approximate surface area is 94.4 Å². The van der Waals surface area contributed by atoms with E-state index in [1.165, 1.54) is 6.20 Å². The normalized spacial score (nSPS) is 19.4. The number of nitrogen functional groups attached to an aromatic ring is 1. The molecule has 1 aromatic heterocycles. The molecular formula is C11H14N4O. The van der Waals surface area contributed by atoms with Crippen LogP contribution in [0.4, 0.5) is 11.5 Å². The number of anilines is 2. The number of hydrogen-bond acceptors (Lipinski definition) is 5. The molecule has 0 radical (unpaired) electrons. The number of hydrogen-bond donors (Lipinski definition) is 1. The maximum atomic E-state index is 8.72. The molecule has 1 fully saturated rings. The Bertz CT molecular complexity index is 420. The minimum atomic E-state index is 0.322. The van der Waals surface area contributed by atoms with Crippen molar-refractivity contribution in [1.82, 2.24) is 4.98 Å². The molecule has 5 nitrogen and oxygen atoms in total. The smallest absolute Gasteiger partial charge is 0.151 e. The number of pyridine rings is 1. The lowest BCUT2D eigenvalue weighted by molar-refractivity contribution is 0.193. The van der Waals surface area contributed by atoms with E-state index < -0.39 is 0 Å². The molecule has 5 heteroatoms. The Kier molecular flexibility index (Phi) is 2.93. The van der Waals surface area contributed by atoms with Gasteiger partial charge in [-0.25, -0.2) is 4.98 Å². The predicted molar refractivity (Wildman–Crippen MR) is 61.0 cm³/mol. The minimum Gasteiger partial charge on any atom is -0.396 e. The summed E-state index contributed by atoms with van der Waals surface area (Å²) in [6.07, 6.45) is 2.52. The molecule has 0 spiro atoms. The fourth-order valence-electron chi connectivity index (χ4n) is 1.83. The zero-order valence-electron chi connectivity index (χ0n) is 9.18. The van der Waals surface area contributed by atoms with Crippen molar-refractivity contribution in [3.05, 3.63) is 17.8 Å². The van der Waals surface area contributed by atoms with E-state index in [0.717, 1.165) is 18.8 Å². The summed E-state index contributed by atoms with van der Waals surface area (Å²) in [5.74, 6) is 0.717. The average Bonchev–Trinajstić information content (AvgIpc) is 2.81. The van der Waals surface area contributed by atoms with Crippen LogP contribution >= 0.6 is 0 Å². The molecule has 2 N–H and O–H groups in total. The second kappa shape index (κ2) is 4.37. The van der Waals surface area contributed by atoms with Crippen molar-refractivity contribution in [3.8, 4) is 6.07 Å². The molecule has 1 atom stereocenters. The van der Waals surface area contributed by atoms with Crippen molar-refractivity contribution >= 4 is 11.5 Å². The van der Waals surface area contributed by atoms with Crippen LogP contribution in [-0.4, -0.2) is 31.3 Å². The maximum Gasteiger partial charge on any atom is 0.151 e. The Morgan fingerprint density at radius 1 is 1.69 bits per heavy atom. The van der Waals surface area contributed by atoms with E-state index >= 15 is 0 Å². The Hall–Kier alpha value is -1.80. The van der Waals surface area contributed by atoms with E-state index in [4.69, 9.17) is 15.7 Å². The molecular weight excluding hydrogens is 204 g/mol. The monoisotopic (exact) mass is 218 g/mol. The summed E-state index contributed by atoms with van der Waals surface area (Å²) in [5, 5.41) is 8.72. The zero-order chi connectivity index (χ0) is 11.5. The van der Waals surface area contributed by atoms with Crippen LogP contribution in [0.5, 0.6) is 0 Å². The van der Waals surface area contributed by atoms with Gasteiger partial charge in [0.25, 0.3) is 0 Å². The van der Waals surface area contributed by atoms with Gasteiger partial charge in [-0.3, -0.25) is 0 Å². The molecule has 0 saturated carbocycles. The number of rotatable bonds is 2. The van der Waals surface area contributed by atoms with Crippen LogP contribution in [0.2, 0.25) is 0 Å². The first-order valence-electron chi connectivity index (χ1n) is 5.18. The number of ether oxygens (including phenoxy) is 1. The highest BCUT2D eigenvalue weighted by Crippen LogP contribution is 2.24. The second-order valence-corrected chi connectivity index (χ2v) is 3.88. The summed E-state index contributed by atoms with van der Waals surface area (Å²) < 4.78 is 5.32. The van der Waals surface area contributed by atoms with Gasteiger partial charge in [-0.05, 0) is 12.5 Å². The van der Waals surface area contributed by atoms with E-state index in [0.29, 0.717) is 23.9 Å². The number of nitrogens with two attached hydrogens (primary N) is 1. The van der Waals surface area contributed by atoms with Gasteiger partial charge >= 0.3 is 0 Å². The van der Waals surface area contributed by atoms with Gasteiger partial charge < -0.3 is 15.4 Å². The first kappa shape index (κ1) is 10.7. The van der Waals surface area contributed by atoms with Gasteiger partial charge in [0.05, 0.1) is 23.9 Å². The van der Waals surface area contributed by atoms with Gasteiger partial charge in [-0.1, -0.05) is 0 Å². The van der Waals surface area contributed by atoms with Crippen LogP contribution in [0.1, 0.15) is 12.0 Å². The van der Waals surface area contributed by atoms with Crippen LogP contribution in [0.3, 0.4) is 0 Å². The second-order valence-electron chi connectivity index (χ2n) is 3.88. The summed E-state index contributed by atoms with van der Waals surface area (Å²) in [5.41, 5.74) is 6.89. The molecule has 1 aliphatic heterocycles. The summed E-state index contributed by atoms with van der Waals surface area (Å²) >= 11 is 0. The van der Waals surface area contributed by atoms with E-state index in [-0.39, 0.29) is 0 Å². The van der Waals surface area contributed by atoms with Gasteiger partial charge in [0.1, 0.15) is 6.07 Å². The highest BCUT2D eigenvalue weighted by atomic mass is 16.5. The summed E-state index contributed by atoms with van der Waals surface area (Å²) in [4.78, 5) is 6.23. The van der Waals surface area contributed by atoms with Gasteiger partial charge in [0, 0.05) is 19.9 Å². The molecule has 1 aliphatic rings. The molecule has 0 amide bonds. The number of nitriles is 1. The van der Waals surface area contributed by atoms with Crippen LogP contribution in [0.25, 0.3) is 0 Å². The zero-order valence-corrected chi connectivity index (χ0v) is 9.18. The van der Waals surface area contributed by atoms with Gasteiger partial charge in [0.15, 0.2) is 5.82 Å². The maximum absolute atomic E-state index is 8.72. The molecule has 0 aromatic carbocycles. The fraction of sp³-hybridized carbons (Fsp3) is 0.455. The summed E-state index contributed by atoms with van der Waals surface area (Å²) in [7, 11) is 1.95. The van der Waals surface area contributed by atoms with Crippen molar-refractivity contribution in [2.45, 2.75) is 12.5 Å². The lowest BCUT2D eigenvalue weighted by Gasteiger charge is -2.25. The van der Waals surface area contributed by atoms with Crippen LogP contribution in [-0.2, 0) is 4.74 Å². The van der Waals surface area contributed by atoms with Gasteiger partial charge in [-0.15, -0.1) is 0 Å². The molecule has 1 aromatic rings. The van der Waals surface area contributed by atoms with Crippen molar-refractivity contribution in [2.24, 2.45) is 0 Å². The highest BCUT2D eigenvalue weighted by Gasteiger charge is 2.22. The molecule has 2 rings (SSSR count). The first-order chi connectivity index (χ1) is 7.72. The minimum absolute atomic E-state index is 0.322. The molecule has 0 aliphatic carbocycles.